The van der Waals surface area contributed by atoms with Gasteiger partial charge in [0.25, 0.3) is 5.91 Å². The number of rotatable bonds is 12. The van der Waals surface area contributed by atoms with E-state index in [1.807, 2.05) is 18.2 Å². The number of thioether (sulfide) groups is 1. The number of imide groups is 1. The molecule has 2 unspecified atom stereocenters. The van der Waals surface area contributed by atoms with Crippen LogP contribution in [0, 0.1) is 0 Å². The van der Waals surface area contributed by atoms with Crippen LogP contribution in [0.3, 0.4) is 0 Å². The zero-order valence-electron chi connectivity index (χ0n) is 20.6. The van der Waals surface area contributed by atoms with E-state index in [0.29, 0.717) is 56.1 Å². The highest BCUT2D eigenvalue weighted by molar-refractivity contribution is 8.04. The summed E-state index contributed by atoms with van der Waals surface area (Å²) in [5.41, 5.74) is 1.42. The minimum Gasteiger partial charge on any atom is -0.376 e. The highest BCUT2D eigenvalue weighted by Gasteiger charge is 2.49. The summed E-state index contributed by atoms with van der Waals surface area (Å²) in [5, 5.41) is 7.59. The third-order valence-corrected chi connectivity index (χ3v) is 7.94. The molecule has 0 radical (unpaired) electrons. The number of nitrogens with one attached hydrogen (secondary N) is 2. The summed E-state index contributed by atoms with van der Waals surface area (Å²) in [6.07, 6.45) is 5.89. The van der Waals surface area contributed by atoms with Gasteiger partial charge in [-0.3, -0.25) is 9.59 Å². The van der Waals surface area contributed by atoms with Crippen LogP contribution < -0.4 is 10.6 Å². The number of carbonyl (C=O) groups excluding carboxylic acids is 4. The molecule has 1 fully saturated rings. The lowest BCUT2D eigenvalue weighted by molar-refractivity contribution is -0.426. The molecule has 11 heteroatoms. The van der Waals surface area contributed by atoms with Crippen LogP contribution in [0.15, 0.2) is 35.7 Å². The van der Waals surface area contributed by atoms with E-state index in [-0.39, 0.29) is 36.9 Å². The molecule has 0 aliphatic carbocycles. The maximum atomic E-state index is 13.2. The van der Waals surface area contributed by atoms with Crippen LogP contribution in [0.25, 0.3) is 0 Å². The zero-order chi connectivity index (χ0) is 26.2. The number of fused-ring (bicyclic) bond motifs is 1. The number of benzene rings is 1. The van der Waals surface area contributed by atoms with Crippen molar-refractivity contribution in [1.29, 1.82) is 0 Å². The summed E-state index contributed by atoms with van der Waals surface area (Å²) in [5.74, 6) is -0.612. The van der Waals surface area contributed by atoms with E-state index in [2.05, 4.69) is 10.6 Å². The van der Waals surface area contributed by atoms with E-state index >= 15 is 0 Å². The average Bonchev–Trinajstić information content (AvgIpc) is 3.59. The second-order valence-electron chi connectivity index (χ2n) is 9.22. The molecule has 3 heterocycles. The molecule has 198 valence electrons. The molecule has 0 saturated carbocycles. The van der Waals surface area contributed by atoms with Crippen molar-refractivity contribution < 1.29 is 28.5 Å². The van der Waals surface area contributed by atoms with Gasteiger partial charge in [0.2, 0.25) is 5.91 Å². The van der Waals surface area contributed by atoms with E-state index in [1.165, 1.54) is 21.2 Å². The molecule has 0 spiro atoms. The van der Waals surface area contributed by atoms with Crippen LogP contribution in [0.2, 0.25) is 5.02 Å². The number of carbonyl (C=O) groups is 4. The maximum absolute atomic E-state index is 13.2. The van der Waals surface area contributed by atoms with Gasteiger partial charge < -0.3 is 15.4 Å². The van der Waals surface area contributed by atoms with Crippen LogP contribution in [0.4, 0.5) is 4.79 Å². The van der Waals surface area contributed by atoms with Crippen LogP contribution in [0.1, 0.15) is 44.1 Å². The standard InChI is InChI=1S/C26H31ClN4O5S/c27-20-9-4-3-7-18(20)15-28-22(32)10-2-1-5-12-30-25(34)24-21(11-14-37-24)31(26(30)35)17-23(33)29-16-19-8-6-13-36-19/h3-4,7,9,11,14,19,24H,1-2,5-6,8,10,12-13,15-17H2,(H-,28,29,32,33)/p+1. The Kier molecular flexibility index (Phi) is 9.76. The Morgan fingerprint density at radius 2 is 1.97 bits per heavy atom. The Morgan fingerprint density at radius 3 is 2.76 bits per heavy atom. The number of hydrogen-bond donors (Lipinski definition) is 2. The van der Waals surface area contributed by atoms with Gasteiger partial charge in [-0.2, -0.15) is 14.3 Å². The molecule has 1 aromatic carbocycles. The fourth-order valence-corrected chi connectivity index (χ4v) is 5.67. The van der Waals surface area contributed by atoms with Crippen molar-refractivity contribution in [2.45, 2.75) is 56.4 Å². The Bertz CT molecular complexity index is 1100. The van der Waals surface area contributed by atoms with Gasteiger partial charge in [0.15, 0.2) is 11.8 Å². The molecule has 9 nitrogen and oxygen atoms in total. The predicted octanol–water partition coefficient (Wildman–Crippen LogP) is 2.86. The molecule has 3 aliphatic rings. The second-order valence-corrected chi connectivity index (χ2v) is 10.6. The number of hydrogen-bond acceptors (Lipinski definition) is 6. The van der Waals surface area contributed by atoms with Crippen molar-refractivity contribution in [3.63, 3.8) is 0 Å². The topological polar surface area (TPSA) is 108 Å². The third kappa shape index (κ3) is 7.21. The van der Waals surface area contributed by atoms with E-state index in [0.717, 1.165) is 18.4 Å². The number of allylic oxidation sites excluding steroid dienone is 1. The molecule has 1 aromatic rings. The lowest BCUT2D eigenvalue weighted by Crippen LogP contribution is -2.56. The van der Waals surface area contributed by atoms with Gasteiger partial charge >= 0.3 is 11.9 Å². The molecule has 37 heavy (non-hydrogen) atoms. The third-order valence-electron chi connectivity index (χ3n) is 6.56. The first-order chi connectivity index (χ1) is 17.9. The molecule has 4 rings (SSSR count). The number of unbranched alkanes of at least 4 members (excludes halogenated alkanes) is 2. The van der Waals surface area contributed by atoms with Crippen molar-refractivity contribution in [3.05, 3.63) is 46.3 Å². The smallest absolute Gasteiger partial charge is 0.376 e. The van der Waals surface area contributed by atoms with Gasteiger partial charge in [-0.15, -0.1) is 11.8 Å². The van der Waals surface area contributed by atoms with Crippen molar-refractivity contribution in [1.82, 2.24) is 15.5 Å². The summed E-state index contributed by atoms with van der Waals surface area (Å²) in [6, 6.07) is 6.89. The number of halogens is 1. The van der Waals surface area contributed by atoms with Crippen LogP contribution in [-0.2, 0) is 25.7 Å². The van der Waals surface area contributed by atoms with Gasteiger partial charge in [0, 0.05) is 31.1 Å². The Labute approximate surface area is 225 Å². The number of ether oxygens (including phenoxy) is 1. The van der Waals surface area contributed by atoms with E-state index in [4.69, 9.17) is 16.3 Å². The molecular weight excluding hydrogens is 516 g/mol. The lowest BCUT2D eigenvalue weighted by Gasteiger charge is -2.24. The summed E-state index contributed by atoms with van der Waals surface area (Å²) in [4.78, 5) is 52.1. The van der Waals surface area contributed by atoms with Crippen LogP contribution >= 0.6 is 23.4 Å². The lowest BCUT2D eigenvalue weighted by atomic mass is 10.1. The normalized spacial score (nSPS) is 20.9. The molecular formula is C26H32ClN4O5S+. The number of nitrogens with zero attached hydrogens (tertiary/aromatic N) is 2. The molecule has 3 aliphatic heterocycles. The SMILES string of the molecule is O=C(CCCCCN1C(=O)C2SC=CC2=[N+](CC(=O)NCC2CCCO2)C1=O)NCc1ccccc1Cl. The monoisotopic (exact) mass is 547 g/mol. The average molecular weight is 548 g/mol. The Balaban J connectivity index is 1.22. The molecule has 1 saturated heterocycles. The first kappa shape index (κ1) is 27.3. The zero-order valence-corrected chi connectivity index (χ0v) is 22.2. The maximum Gasteiger partial charge on any atom is 0.501 e. The minimum absolute atomic E-state index is 0.0136. The van der Waals surface area contributed by atoms with Crippen LogP contribution in [0.5, 0.6) is 0 Å². The molecule has 5 amide bonds. The first-order valence-corrected chi connectivity index (χ1v) is 14.0. The summed E-state index contributed by atoms with van der Waals surface area (Å²) >= 11 is 7.46. The molecule has 2 atom stereocenters. The molecule has 0 bridgehead atoms. The summed E-state index contributed by atoms with van der Waals surface area (Å²) in [6.45, 7) is 1.60. The van der Waals surface area contributed by atoms with Gasteiger partial charge in [-0.1, -0.05) is 29.8 Å². The number of amides is 5. The van der Waals surface area contributed by atoms with Gasteiger partial charge in [-0.05, 0) is 55.2 Å². The number of urea groups is 1. The quantitative estimate of drug-likeness (QED) is 0.308. The van der Waals surface area contributed by atoms with Gasteiger partial charge in [-0.25, -0.2) is 4.79 Å². The van der Waals surface area contributed by atoms with Crippen LogP contribution in [-0.4, -0.2) is 76.5 Å². The Hall–Kier alpha value is -2.69. The summed E-state index contributed by atoms with van der Waals surface area (Å²) < 4.78 is 6.93. The van der Waals surface area contributed by atoms with Crippen molar-refractivity contribution in [2.75, 3.05) is 26.2 Å². The fourth-order valence-electron chi connectivity index (χ4n) is 4.51. The van der Waals surface area contributed by atoms with E-state index in [1.54, 1.807) is 17.6 Å². The second kappa shape index (κ2) is 13.2. The predicted molar refractivity (Wildman–Crippen MR) is 142 cm³/mol. The summed E-state index contributed by atoms with van der Waals surface area (Å²) in [7, 11) is 0. The first-order valence-electron chi connectivity index (χ1n) is 12.6. The Morgan fingerprint density at radius 1 is 1.14 bits per heavy atom. The van der Waals surface area contributed by atoms with Gasteiger partial charge in [0.1, 0.15) is 5.71 Å². The van der Waals surface area contributed by atoms with E-state index < -0.39 is 11.3 Å². The van der Waals surface area contributed by atoms with E-state index in [9.17, 15) is 19.2 Å². The molecule has 2 N–H and O–H groups in total. The highest BCUT2D eigenvalue weighted by Crippen LogP contribution is 2.28. The van der Waals surface area contributed by atoms with Crippen molar-refractivity contribution >= 4 is 52.8 Å². The fraction of sp³-hybridized carbons (Fsp3) is 0.500. The highest BCUT2D eigenvalue weighted by atomic mass is 35.5. The van der Waals surface area contributed by atoms with Crippen molar-refractivity contribution in [2.24, 2.45) is 0 Å². The van der Waals surface area contributed by atoms with Crippen molar-refractivity contribution in [3.8, 4) is 0 Å². The minimum atomic E-state index is -0.515. The molecule has 0 aromatic heterocycles. The largest absolute Gasteiger partial charge is 0.501 e. The van der Waals surface area contributed by atoms with Gasteiger partial charge in [0.05, 0.1) is 12.6 Å².